The van der Waals surface area contributed by atoms with Crippen LogP contribution in [0.1, 0.15) is 5.56 Å². The van der Waals surface area contributed by atoms with Gasteiger partial charge in [0.15, 0.2) is 11.1 Å². The van der Waals surface area contributed by atoms with Gasteiger partial charge in [-0.2, -0.15) is 0 Å². The van der Waals surface area contributed by atoms with Crippen LogP contribution in [0.5, 0.6) is 0 Å². The summed E-state index contributed by atoms with van der Waals surface area (Å²) >= 11 is -2.12. The molecule has 1 atom stereocenters. The fourth-order valence-corrected chi connectivity index (χ4v) is 1.89. The third-order valence-electron chi connectivity index (χ3n) is 2.20. The number of hydrogen-bond donors (Lipinski definition) is 3. The smallest absolute Gasteiger partial charge is 0.188 e. The van der Waals surface area contributed by atoms with Gasteiger partial charge in [-0.25, -0.2) is 4.21 Å². The third-order valence-corrected chi connectivity index (χ3v) is 2.96. The summed E-state index contributed by atoms with van der Waals surface area (Å²) in [4.78, 5) is 0.179. The van der Waals surface area contributed by atoms with Crippen LogP contribution in [-0.2, 0) is 11.1 Å². The van der Waals surface area contributed by atoms with E-state index in [9.17, 15) is 8.76 Å². The van der Waals surface area contributed by atoms with Gasteiger partial charge in [-0.15, -0.1) is 0 Å². The number of anilines is 1. The van der Waals surface area contributed by atoms with E-state index in [1.165, 1.54) is 18.4 Å². The molecule has 5 heteroatoms. The molecule has 0 amide bonds. The van der Waals surface area contributed by atoms with Gasteiger partial charge in [-0.05, 0) is 43.0 Å². The SMILES string of the molecule is C=C/C(=C(\C=C/N)Nc1cccc(C)c1)S(=O)O. The van der Waals surface area contributed by atoms with Gasteiger partial charge in [-0.3, -0.25) is 0 Å². The predicted octanol–water partition coefficient (Wildman–Crippen LogP) is 2.50. The number of allylic oxidation sites excluding steroid dienone is 2. The second kappa shape index (κ2) is 6.78. The fourth-order valence-electron chi connectivity index (χ4n) is 1.44. The van der Waals surface area contributed by atoms with E-state index in [1.807, 2.05) is 31.2 Å². The molecule has 0 fully saturated rings. The summed E-state index contributed by atoms with van der Waals surface area (Å²) in [5, 5.41) is 3.04. The molecule has 1 rings (SSSR count). The molecule has 0 aliphatic heterocycles. The van der Waals surface area contributed by atoms with Crippen LogP contribution < -0.4 is 11.1 Å². The summed E-state index contributed by atoms with van der Waals surface area (Å²) in [6.07, 6.45) is 4.15. The van der Waals surface area contributed by atoms with Gasteiger partial charge in [-0.1, -0.05) is 18.7 Å². The van der Waals surface area contributed by atoms with Crippen molar-refractivity contribution in [3.8, 4) is 0 Å². The van der Waals surface area contributed by atoms with Crippen molar-refractivity contribution in [1.29, 1.82) is 0 Å². The quantitative estimate of drug-likeness (QED) is 0.564. The highest BCUT2D eigenvalue weighted by Gasteiger charge is 2.07. The standard InChI is InChI=1S/C13H16N2O2S/c1-3-13(18(16)17)12(7-8-14)15-11-6-4-5-10(2)9-11/h3-9,15H,1,14H2,2H3,(H,16,17)/b8-7-,13-12-. The lowest BCUT2D eigenvalue weighted by Crippen LogP contribution is -2.04. The zero-order valence-electron chi connectivity index (χ0n) is 10.1. The minimum absolute atomic E-state index is 0.179. The predicted molar refractivity (Wildman–Crippen MR) is 76.1 cm³/mol. The zero-order chi connectivity index (χ0) is 13.5. The lowest BCUT2D eigenvalue weighted by Gasteiger charge is -2.10. The Balaban J connectivity index is 3.15. The Labute approximate surface area is 109 Å². The molecular weight excluding hydrogens is 248 g/mol. The Morgan fingerprint density at radius 3 is 2.78 bits per heavy atom. The molecule has 0 aliphatic rings. The van der Waals surface area contributed by atoms with Crippen LogP contribution in [0.3, 0.4) is 0 Å². The van der Waals surface area contributed by atoms with Crippen LogP contribution in [0.4, 0.5) is 5.69 Å². The molecule has 0 bridgehead atoms. The van der Waals surface area contributed by atoms with Crippen LogP contribution in [0.2, 0.25) is 0 Å². The average molecular weight is 264 g/mol. The number of rotatable bonds is 5. The van der Waals surface area contributed by atoms with Gasteiger partial charge < -0.3 is 15.6 Å². The van der Waals surface area contributed by atoms with Crippen LogP contribution in [0, 0.1) is 6.92 Å². The van der Waals surface area contributed by atoms with E-state index in [4.69, 9.17) is 5.73 Å². The molecule has 0 radical (unpaired) electrons. The lowest BCUT2D eigenvalue weighted by atomic mass is 10.2. The van der Waals surface area contributed by atoms with Crippen molar-refractivity contribution in [2.24, 2.45) is 5.73 Å². The Kier molecular flexibility index (Phi) is 5.35. The fraction of sp³-hybridized carbons (Fsp3) is 0.0769. The highest BCUT2D eigenvalue weighted by Crippen LogP contribution is 2.17. The molecule has 0 spiro atoms. The summed E-state index contributed by atoms with van der Waals surface area (Å²) in [6, 6.07) is 7.64. The van der Waals surface area contributed by atoms with Crippen molar-refractivity contribution < 1.29 is 8.76 Å². The topological polar surface area (TPSA) is 75.3 Å². The number of nitrogens with one attached hydrogen (secondary N) is 1. The van der Waals surface area contributed by atoms with Crippen molar-refractivity contribution in [1.82, 2.24) is 0 Å². The average Bonchev–Trinajstić information content (AvgIpc) is 2.29. The summed E-state index contributed by atoms with van der Waals surface area (Å²) < 4.78 is 20.3. The summed E-state index contributed by atoms with van der Waals surface area (Å²) in [7, 11) is 0. The molecule has 0 aliphatic carbocycles. The molecule has 1 aromatic rings. The summed E-state index contributed by atoms with van der Waals surface area (Å²) in [5.74, 6) is 0. The van der Waals surface area contributed by atoms with Crippen LogP contribution >= 0.6 is 0 Å². The van der Waals surface area contributed by atoms with E-state index in [1.54, 1.807) is 0 Å². The molecule has 0 saturated carbocycles. The minimum atomic E-state index is -2.12. The second-order valence-corrected chi connectivity index (χ2v) is 4.52. The molecule has 4 N–H and O–H groups in total. The number of nitrogens with two attached hydrogens (primary N) is 1. The van der Waals surface area contributed by atoms with Gasteiger partial charge >= 0.3 is 0 Å². The molecule has 18 heavy (non-hydrogen) atoms. The molecular formula is C13H16N2O2S. The maximum atomic E-state index is 11.2. The van der Waals surface area contributed by atoms with Crippen LogP contribution in [0.15, 0.2) is 59.8 Å². The Morgan fingerprint density at radius 2 is 2.28 bits per heavy atom. The molecule has 96 valence electrons. The van der Waals surface area contributed by atoms with Crippen molar-refractivity contribution >= 4 is 16.8 Å². The molecule has 0 saturated heterocycles. The molecule has 1 aromatic carbocycles. The monoisotopic (exact) mass is 264 g/mol. The van der Waals surface area contributed by atoms with E-state index in [0.717, 1.165) is 11.3 Å². The van der Waals surface area contributed by atoms with Crippen molar-refractivity contribution in [2.75, 3.05) is 5.32 Å². The zero-order valence-corrected chi connectivity index (χ0v) is 10.9. The van der Waals surface area contributed by atoms with E-state index in [0.29, 0.717) is 5.70 Å². The minimum Gasteiger partial charge on any atom is -0.405 e. The van der Waals surface area contributed by atoms with Crippen LogP contribution in [0.25, 0.3) is 0 Å². The molecule has 4 nitrogen and oxygen atoms in total. The number of aryl methyl sites for hydroxylation is 1. The number of hydrogen-bond acceptors (Lipinski definition) is 3. The van der Waals surface area contributed by atoms with Gasteiger partial charge in [0, 0.05) is 5.69 Å². The Hall–Kier alpha value is -1.85. The van der Waals surface area contributed by atoms with Gasteiger partial charge in [0.05, 0.1) is 10.6 Å². The maximum absolute atomic E-state index is 11.2. The largest absolute Gasteiger partial charge is 0.405 e. The van der Waals surface area contributed by atoms with E-state index < -0.39 is 11.1 Å². The first-order valence-electron chi connectivity index (χ1n) is 5.28. The highest BCUT2D eigenvalue weighted by atomic mass is 32.2. The van der Waals surface area contributed by atoms with Gasteiger partial charge in [0.25, 0.3) is 0 Å². The van der Waals surface area contributed by atoms with Gasteiger partial charge in [0.1, 0.15) is 0 Å². The van der Waals surface area contributed by atoms with E-state index in [2.05, 4.69) is 11.9 Å². The third kappa shape index (κ3) is 3.87. The first-order chi connectivity index (χ1) is 8.58. The summed E-state index contributed by atoms with van der Waals surface area (Å²) in [5.41, 5.74) is 7.68. The van der Waals surface area contributed by atoms with E-state index in [-0.39, 0.29) is 4.91 Å². The van der Waals surface area contributed by atoms with Gasteiger partial charge in [0.2, 0.25) is 0 Å². The molecule has 0 aromatic heterocycles. The Bertz CT molecular complexity index is 521. The van der Waals surface area contributed by atoms with Crippen LogP contribution in [-0.4, -0.2) is 8.76 Å². The first kappa shape index (κ1) is 14.2. The molecule has 1 unspecified atom stereocenters. The van der Waals surface area contributed by atoms with E-state index >= 15 is 0 Å². The lowest BCUT2D eigenvalue weighted by molar-refractivity contribution is 0.572. The van der Waals surface area contributed by atoms with Crippen molar-refractivity contribution in [3.05, 3.63) is 65.4 Å². The Morgan fingerprint density at radius 1 is 1.56 bits per heavy atom. The second-order valence-electron chi connectivity index (χ2n) is 3.58. The highest BCUT2D eigenvalue weighted by molar-refractivity contribution is 7.83. The maximum Gasteiger partial charge on any atom is 0.188 e. The normalized spacial score (nSPS) is 14.1. The van der Waals surface area contributed by atoms with Crippen molar-refractivity contribution in [2.45, 2.75) is 6.92 Å². The number of benzene rings is 1. The summed E-state index contributed by atoms with van der Waals surface area (Å²) in [6.45, 7) is 5.48. The molecule has 0 heterocycles. The van der Waals surface area contributed by atoms with Crippen molar-refractivity contribution in [3.63, 3.8) is 0 Å². The first-order valence-corrected chi connectivity index (χ1v) is 6.38.